The van der Waals surface area contributed by atoms with Gasteiger partial charge in [-0.3, -0.25) is 9.59 Å². The third-order valence-electron chi connectivity index (χ3n) is 3.32. The van der Waals surface area contributed by atoms with Crippen LogP contribution in [-0.2, 0) is 9.59 Å². The smallest absolute Gasteiger partial charge is 0.244 e. The molecular weight excluding hydrogens is 288 g/mol. The second kappa shape index (κ2) is 7.94. The van der Waals surface area contributed by atoms with Gasteiger partial charge in [-0.15, -0.1) is 0 Å². The Morgan fingerprint density at radius 3 is 2.26 bits per heavy atom. The lowest BCUT2D eigenvalue weighted by molar-refractivity contribution is -0.117. The van der Waals surface area contributed by atoms with Crippen LogP contribution in [0.2, 0.25) is 0 Å². The Kier molecular flexibility index (Phi) is 5.69. The number of rotatable bonds is 5. The molecule has 0 saturated heterocycles. The molecule has 0 aliphatic carbocycles. The molecule has 0 fully saturated rings. The summed E-state index contributed by atoms with van der Waals surface area (Å²) >= 11 is 0. The first-order valence-electron chi connectivity index (χ1n) is 7.46. The summed E-state index contributed by atoms with van der Waals surface area (Å²) in [5, 5.41) is 5.62. The van der Waals surface area contributed by atoms with Crippen molar-refractivity contribution in [1.29, 1.82) is 0 Å². The molecule has 0 saturated carbocycles. The molecule has 2 aromatic rings. The normalized spacial score (nSPS) is 11.9. The Balaban J connectivity index is 1.91. The van der Waals surface area contributed by atoms with Gasteiger partial charge in [-0.2, -0.15) is 0 Å². The lowest BCUT2D eigenvalue weighted by Gasteiger charge is -2.12. The van der Waals surface area contributed by atoms with Gasteiger partial charge in [0.1, 0.15) is 0 Å². The average Bonchev–Trinajstić information content (AvgIpc) is 2.54. The molecule has 1 atom stereocenters. The van der Waals surface area contributed by atoms with E-state index in [9.17, 15) is 9.59 Å². The SMILES string of the molecule is CC(=O)Nc1ccc(/C=C/C(=O)NC(C)c2ccccc2)cc1. The summed E-state index contributed by atoms with van der Waals surface area (Å²) < 4.78 is 0. The van der Waals surface area contributed by atoms with Crippen molar-refractivity contribution in [3.05, 3.63) is 71.8 Å². The molecule has 0 heterocycles. The van der Waals surface area contributed by atoms with E-state index in [0.29, 0.717) is 0 Å². The second-order valence-electron chi connectivity index (χ2n) is 5.28. The lowest BCUT2D eigenvalue weighted by atomic mass is 10.1. The molecule has 118 valence electrons. The summed E-state index contributed by atoms with van der Waals surface area (Å²) in [5.74, 6) is -0.255. The topological polar surface area (TPSA) is 58.2 Å². The van der Waals surface area contributed by atoms with Crippen LogP contribution in [0.15, 0.2) is 60.7 Å². The maximum Gasteiger partial charge on any atom is 0.244 e. The maximum atomic E-state index is 12.0. The molecule has 4 heteroatoms. The van der Waals surface area contributed by atoms with E-state index in [4.69, 9.17) is 0 Å². The molecule has 2 rings (SSSR count). The summed E-state index contributed by atoms with van der Waals surface area (Å²) in [6.45, 7) is 3.41. The van der Waals surface area contributed by atoms with Gasteiger partial charge < -0.3 is 10.6 Å². The highest BCUT2D eigenvalue weighted by atomic mass is 16.2. The zero-order valence-electron chi connectivity index (χ0n) is 13.2. The van der Waals surface area contributed by atoms with Crippen molar-refractivity contribution in [2.24, 2.45) is 0 Å². The summed E-state index contributed by atoms with van der Waals surface area (Å²) in [6, 6.07) is 17.0. The van der Waals surface area contributed by atoms with Crippen molar-refractivity contribution in [3.8, 4) is 0 Å². The van der Waals surface area contributed by atoms with Gasteiger partial charge in [0.2, 0.25) is 11.8 Å². The van der Waals surface area contributed by atoms with Gasteiger partial charge in [0.05, 0.1) is 6.04 Å². The Bertz CT molecular complexity index is 691. The van der Waals surface area contributed by atoms with E-state index in [0.717, 1.165) is 16.8 Å². The number of carbonyl (C=O) groups is 2. The number of anilines is 1. The summed E-state index contributed by atoms with van der Waals surface area (Å²) in [4.78, 5) is 22.9. The van der Waals surface area contributed by atoms with Crippen molar-refractivity contribution in [3.63, 3.8) is 0 Å². The number of benzene rings is 2. The fraction of sp³-hybridized carbons (Fsp3) is 0.158. The summed E-state index contributed by atoms with van der Waals surface area (Å²) in [7, 11) is 0. The molecule has 0 aromatic heterocycles. The van der Waals surface area contributed by atoms with E-state index in [-0.39, 0.29) is 17.9 Å². The quantitative estimate of drug-likeness (QED) is 0.830. The molecule has 2 amide bonds. The minimum atomic E-state index is -0.146. The minimum absolute atomic E-state index is 0.0458. The van der Waals surface area contributed by atoms with Crippen molar-refractivity contribution < 1.29 is 9.59 Å². The van der Waals surface area contributed by atoms with Crippen LogP contribution in [0.4, 0.5) is 5.69 Å². The maximum absolute atomic E-state index is 12.0. The predicted octanol–water partition coefficient (Wildman–Crippen LogP) is 3.54. The van der Waals surface area contributed by atoms with Gasteiger partial charge in [-0.25, -0.2) is 0 Å². The number of carbonyl (C=O) groups excluding carboxylic acids is 2. The second-order valence-corrected chi connectivity index (χ2v) is 5.28. The van der Waals surface area contributed by atoms with E-state index >= 15 is 0 Å². The van der Waals surface area contributed by atoms with Crippen molar-refractivity contribution in [1.82, 2.24) is 5.32 Å². The van der Waals surface area contributed by atoms with Crippen LogP contribution < -0.4 is 10.6 Å². The fourth-order valence-electron chi connectivity index (χ4n) is 2.14. The van der Waals surface area contributed by atoms with Gasteiger partial charge in [0.15, 0.2) is 0 Å². The van der Waals surface area contributed by atoms with Crippen LogP contribution >= 0.6 is 0 Å². The van der Waals surface area contributed by atoms with Gasteiger partial charge in [0, 0.05) is 18.7 Å². The highest BCUT2D eigenvalue weighted by molar-refractivity contribution is 5.92. The van der Waals surface area contributed by atoms with Gasteiger partial charge in [-0.05, 0) is 36.3 Å². The van der Waals surface area contributed by atoms with Crippen LogP contribution in [0, 0.1) is 0 Å². The molecule has 23 heavy (non-hydrogen) atoms. The monoisotopic (exact) mass is 308 g/mol. The first kappa shape index (κ1) is 16.5. The van der Waals surface area contributed by atoms with E-state index in [1.807, 2.05) is 49.4 Å². The molecular formula is C19H20N2O2. The summed E-state index contributed by atoms with van der Waals surface area (Å²) in [5.41, 5.74) is 2.69. The predicted molar refractivity (Wildman–Crippen MR) is 92.8 cm³/mol. The number of nitrogens with one attached hydrogen (secondary N) is 2. The zero-order chi connectivity index (χ0) is 16.7. The Labute approximate surface area is 136 Å². The van der Waals surface area contributed by atoms with Crippen LogP contribution in [0.1, 0.15) is 31.0 Å². The minimum Gasteiger partial charge on any atom is -0.346 e. The molecule has 0 spiro atoms. The largest absolute Gasteiger partial charge is 0.346 e. The van der Waals surface area contributed by atoms with Crippen molar-refractivity contribution in [2.75, 3.05) is 5.32 Å². The van der Waals surface area contributed by atoms with Crippen LogP contribution in [0.25, 0.3) is 6.08 Å². The molecule has 0 aliphatic heterocycles. The molecule has 2 N–H and O–H groups in total. The van der Waals surface area contributed by atoms with E-state index in [1.54, 1.807) is 18.2 Å². The van der Waals surface area contributed by atoms with Gasteiger partial charge >= 0.3 is 0 Å². The molecule has 0 bridgehead atoms. The van der Waals surface area contributed by atoms with E-state index < -0.39 is 0 Å². The highest BCUT2D eigenvalue weighted by Gasteiger charge is 2.06. The lowest BCUT2D eigenvalue weighted by Crippen LogP contribution is -2.24. The standard InChI is InChI=1S/C19H20N2O2/c1-14(17-6-4-3-5-7-17)20-19(23)13-10-16-8-11-18(12-9-16)21-15(2)22/h3-14H,1-2H3,(H,20,23)(H,21,22)/b13-10+. The summed E-state index contributed by atoms with van der Waals surface area (Å²) in [6.07, 6.45) is 3.25. The van der Waals surface area contributed by atoms with Crippen molar-refractivity contribution >= 4 is 23.6 Å². The molecule has 4 nitrogen and oxygen atoms in total. The van der Waals surface area contributed by atoms with E-state index in [2.05, 4.69) is 10.6 Å². The third-order valence-corrected chi connectivity index (χ3v) is 3.32. The van der Waals surface area contributed by atoms with Crippen molar-refractivity contribution in [2.45, 2.75) is 19.9 Å². The number of hydrogen-bond acceptors (Lipinski definition) is 2. The molecule has 1 unspecified atom stereocenters. The molecule has 0 radical (unpaired) electrons. The zero-order valence-corrected chi connectivity index (χ0v) is 13.2. The van der Waals surface area contributed by atoms with Crippen LogP contribution in [0.5, 0.6) is 0 Å². The first-order chi connectivity index (χ1) is 11.0. The molecule has 0 aliphatic rings. The average molecular weight is 308 g/mol. The van der Waals surface area contributed by atoms with Gasteiger partial charge in [-0.1, -0.05) is 42.5 Å². The Hall–Kier alpha value is -2.88. The number of amides is 2. The number of hydrogen-bond donors (Lipinski definition) is 2. The van der Waals surface area contributed by atoms with Crippen LogP contribution in [0.3, 0.4) is 0 Å². The Morgan fingerprint density at radius 1 is 1.00 bits per heavy atom. The molecule has 2 aromatic carbocycles. The fourth-order valence-corrected chi connectivity index (χ4v) is 2.14. The Morgan fingerprint density at radius 2 is 1.65 bits per heavy atom. The first-order valence-corrected chi connectivity index (χ1v) is 7.46. The van der Waals surface area contributed by atoms with Gasteiger partial charge in [0.25, 0.3) is 0 Å². The third kappa shape index (κ3) is 5.43. The van der Waals surface area contributed by atoms with Crippen LogP contribution in [-0.4, -0.2) is 11.8 Å². The van der Waals surface area contributed by atoms with E-state index in [1.165, 1.54) is 13.0 Å². The highest BCUT2D eigenvalue weighted by Crippen LogP contribution is 2.12.